The minimum atomic E-state index is -0.104. The Morgan fingerprint density at radius 3 is 2.73 bits per heavy atom. The van der Waals surface area contributed by atoms with Gasteiger partial charge in [-0.1, -0.05) is 0 Å². The number of pyridine rings is 2. The Bertz CT molecular complexity index is 1000. The van der Waals surface area contributed by atoms with E-state index in [1.807, 2.05) is 18.2 Å². The van der Waals surface area contributed by atoms with Crippen LogP contribution in [-0.4, -0.2) is 32.8 Å². The average molecular weight is 344 g/mol. The molecule has 0 N–H and O–H groups in total. The van der Waals surface area contributed by atoms with Crippen molar-refractivity contribution in [1.29, 1.82) is 5.26 Å². The third-order valence-corrected chi connectivity index (χ3v) is 4.41. The molecule has 0 aromatic carbocycles. The van der Waals surface area contributed by atoms with E-state index in [4.69, 9.17) is 5.26 Å². The van der Waals surface area contributed by atoms with Gasteiger partial charge in [0, 0.05) is 49.2 Å². The van der Waals surface area contributed by atoms with Crippen LogP contribution in [0.1, 0.15) is 5.56 Å². The number of aromatic nitrogens is 4. The van der Waals surface area contributed by atoms with Gasteiger partial charge >= 0.3 is 0 Å². The van der Waals surface area contributed by atoms with E-state index < -0.39 is 0 Å². The summed E-state index contributed by atoms with van der Waals surface area (Å²) in [6.07, 6.45) is 5.02. The van der Waals surface area contributed by atoms with E-state index in [1.165, 1.54) is 4.68 Å². The van der Waals surface area contributed by atoms with Crippen molar-refractivity contribution < 1.29 is 0 Å². The normalized spacial score (nSPS) is 13.9. The van der Waals surface area contributed by atoms with E-state index in [0.717, 1.165) is 30.2 Å². The summed E-state index contributed by atoms with van der Waals surface area (Å²) in [6, 6.07) is 12.7. The molecule has 0 amide bonds. The van der Waals surface area contributed by atoms with Gasteiger partial charge in [0.25, 0.3) is 5.56 Å². The molecule has 0 spiro atoms. The highest BCUT2D eigenvalue weighted by atomic mass is 16.1. The van der Waals surface area contributed by atoms with Gasteiger partial charge in [0.05, 0.1) is 17.8 Å². The summed E-state index contributed by atoms with van der Waals surface area (Å²) in [5.74, 6) is 1.19. The number of nitriles is 1. The van der Waals surface area contributed by atoms with Crippen molar-refractivity contribution in [2.45, 2.75) is 6.54 Å². The van der Waals surface area contributed by atoms with Gasteiger partial charge in [-0.2, -0.15) is 10.4 Å². The lowest BCUT2D eigenvalue weighted by Crippen LogP contribution is -2.50. The zero-order valence-corrected chi connectivity index (χ0v) is 14.0. The van der Waals surface area contributed by atoms with Crippen LogP contribution >= 0.6 is 0 Å². The third-order valence-electron chi connectivity index (χ3n) is 4.41. The predicted molar refractivity (Wildman–Crippen MR) is 96.4 cm³/mol. The molecule has 4 heterocycles. The zero-order chi connectivity index (χ0) is 17.9. The van der Waals surface area contributed by atoms with Crippen molar-refractivity contribution >= 4 is 5.82 Å². The molecule has 3 aromatic rings. The van der Waals surface area contributed by atoms with Gasteiger partial charge in [0.15, 0.2) is 0 Å². The molecule has 3 aromatic heterocycles. The van der Waals surface area contributed by atoms with Gasteiger partial charge < -0.3 is 4.90 Å². The maximum absolute atomic E-state index is 12.1. The summed E-state index contributed by atoms with van der Waals surface area (Å²) in [6.45, 7) is 2.19. The van der Waals surface area contributed by atoms with E-state index >= 15 is 0 Å². The van der Waals surface area contributed by atoms with Crippen molar-refractivity contribution in [3.63, 3.8) is 0 Å². The standard InChI is InChI=1S/C19H16N6O/c20-8-14-3-5-18(22-9-14)24-11-15(12-24)13-25-19(26)6-4-17(23-25)16-2-1-7-21-10-16/h1-7,9-10,15H,11-13H2. The Morgan fingerprint density at radius 2 is 2.04 bits per heavy atom. The molecule has 128 valence electrons. The molecule has 0 unspecified atom stereocenters. The molecule has 0 saturated carbocycles. The highest BCUT2D eigenvalue weighted by Gasteiger charge is 2.28. The predicted octanol–water partition coefficient (Wildman–Crippen LogP) is 1.71. The lowest BCUT2D eigenvalue weighted by molar-refractivity contribution is 0.333. The van der Waals surface area contributed by atoms with Gasteiger partial charge in [-0.15, -0.1) is 0 Å². The van der Waals surface area contributed by atoms with Gasteiger partial charge in [-0.05, 0) is 30.3 Å². The number of anilines is 1. The third kappa shape index (κ3) is 3.17. The molecule has 1 fully saturated rings. The molecule has 1 aliphatic rings. The fourth-order valence-corrected chi connectivity index (χ4v) is 3.00. The van der Waals surface area contributed by atoms with Crippen LogP contribution in [0.4, 0.5) is 5.82 Å². The van der Waals surface area contributed by atoms with Crippen LogP contribution in [0.25, 0.3) is 11.3 Å². The molecule has 1 saturated heterocycles. The maximum atomic E-state index is 12.1. The van der Waals surface area contributed by atoms with Crippen LogP contribution in [0.3, 0.4) is 0 Å². The van der Waals surface area contributed by atoms with Gasteiger partial charge in [-0.3, -0.25) is 9.78 Å². The molecule has 4 rings (SSSR count). The lowest BCUT2D eigenvalue weighted by atomic mass is 10.0. The lowest BCUT2D eigenvalue weighted by Gasteiger charge is -2.40. The van der Waals surface area contributed by atoms with Gasteiger partial charge in [-0.25, -0.2) is 9.67 Å². The average Bonchev–Trinajstić information content (AvgIpc) is 2.66. The van der Waals surface area contributed by atoms with Crippen molar-refractivity contribution in [3.05, 3.63) is 70.9 Å². The van der Waals surface area contributed by atoms with Crippen LogP contribution in [-0.2, 0) is 6.54 Å². The monoisotopic (exact) mass is 344 g/mol. The first-order valence-corrected chi connectivity index (χ1v) is 8.32. The second-order valence-corrected chi connectivity index (χ2v) is 6.27. The van der Waals surface area contributed by atoms with Crippen molar-refractivity contribution in [2.24, 2.45) is 5.92 Å². The number of hydrogen-bond donors (Lipinski definition) is 0. The first-order valence-electron chi connectivity index (χ1n) is 8.32. The minimum Gasteiger partial charge on any atom is -0.356 e. The van der Waals surface area contributed by atoms with Crippen LogP contribution in [0.5, 0.6) is 0 Å². The molecule has 0 atom stereocenters. The highest BCUT2D eigenvalue weighted by molar-refractivity contribution is 5.56. The first kappa shape index (κ1) is 16.0. The van der Waals surface area contributed by atoms with Crippen molar-refractivity contribution in [3.8, 4) is 17.3 Å². The topological polar surface area (TPSA) is 87.7 Å². The molecule has 1 aliphatic heterocycles. The molecular weight excluding hydrogens is 328 g/mol. The summed E-state index contributed by atoms with van der Waals surface area (Å²) in [7, 11) is 0. The van der Waals surface area contributed by atoms with Crippen molar-refractivity contribution in [2.75, 3.05) is 18.0 Å². The Balaban J connectivity index is 1.44. The minimum absolute atomic E-state index is 0.104. The Morgan fingerprint density at radius 1 is 1.15 bits per heavy atom. The molecule has 0 bridgehead atoms. The number of hydrogen-bond acceptors (Lipinski definition) is 6. The van der Waals surface area contributed by atoms with Crippen molar-refractivity contribution in [1.82, 2.24) is 19.7 Å². The summed E-state index contributed by atoms with van der Waals surface area (Å²) < 4.78 is 1.52. The smallest absolute Gasteiger partial charge is 0.266 e. The Hall–Kier alpha value is -3.53. The summed E-state index contributed by atoms with van der Waals surface area (Å²) in [5.41, 5.74) is 2.07. The van der Waals surface area contributed by atoms with E-state index in [1.54, 1.807) is 36.8 Å². The zero-order valence-electron chi connectivity index (χ0n) is 14.0. The van der Waals surface area contributed by atoms with E-state index in [9.17, 15) is 4.79 Å². The van der Waals surface area contributed by atoms with E-state index in [-0.39, 0.29) is 5.56 Å². The van der Waals surface area contributed by atoms with Crippen LogP contribution in [0.2, 0.25) is 0 Å². The fraction of sp³-hybridized carbons (Fsp3) is 0.211. The Labute approximate surface area is 150 Å². The molecule has 7 nitrogen and oxygen atoms in total. The molecule has 0 aliphatic carbocycles. The summed E-state index contributed by atoms with van der Waals surface area (Å²) in [4.78, 5) is 22.6. The fourth-order valence-electron chi connectivity index (χ4n) is 3.00. The molecule has 0 radical (unpaired) electrons. The largest absolute Gasteiger partial charge is 0.356 e. The van der Waals surface area contributed by atoms with E-state index in [2.05, 4.69) is 26.0 Å². The van der Waals surface area contributed by atoms with Crippen LogP contribution < -0.4 is 10.5 Å². The number of nitrogens with zero attached hydrogens (tertiary/aromatic N) is 6. The van der Waals surface area contributed by atoms with Gasteiger partial charge in [0.2, 0.25) is 0 Å². The first-order chi connectivity index (χ1) is 12.7. The van der Waals surface area contributed by atoms with Crippen LogP contribution in [0, 0.1) is 17.2 Å². The quantitative estimate of drug-likeness (QED) is 0.716. The van der Waals surface area contributed by atoms with Gasteiger partial charge in [0.1, 0.15) is 11.9 Å². The maximum Gasteiger partial charge on any atom is 0.266 e. The molecular formula is C19H16N6O. The highest BCUT2D eigenvalue weighted by Crippen LogP contribution is 2.23. The number of rotatable bonds is 4. The Kier molecular flexibility index (Phi) is 4.15. The molecule has 7 heteroatoms. The van der Waals surface area contributed by atoms with E-state index in [0.29, 0.717) is 18.0 Å². The van der Waals surface area contributed by atoms with Crippen LogP contribution in [0.15, 0.2) is 59.8 Å². The summed E-state index contributed by atoms with van der Waals surface area (Å²) >= 11 is 0. The SMILES string of the molecule is N#Cc1ccc(N2CC(Cn3nc(-c4cccnc4)ccc3=O)C2)nc1. The second kappa shape index (κ2) is 6.76. The molecule has 26 heavy (non-hydrogen) atoms. The summed E-state index contributed by atoms with van der Waals surface area (Å²) in [5, 5.41) is 13.3. The second-order valence-electron chi connectivity index (χ2n) is 6.27.